The van der Waals surface area contributed by atoms with Crippen LogP contribution in [0, 0.1) is 5.92 Å². The molecule has 0 radical (unpaired) electrons. The van der Waals surface area contributed by atoms with Crippen LogP contribution in [0.3, 0.4) is 0 Å². The summed E-state index contributed by atoms with van der Waals surface area (Å²) in [5.41, 5.74) is 0. The highest BCUT2D eigenvalue weighted by Crippen LogP contribution is 2.14. The van der Waals surface area contributed by atoms with E-state index in [1.807, 2.05) is 0 Å². The van der Waals surface area contributed by atoms with E-state index in [1.165, 1.54) is 32.4 Å². The van der Waals surface area contributed by atoms with Crippen molar-refractivity contribution in [3.63, 3.8) is 0 Å². The molecule has 2 nitrogen and oxygen atoms in total. The Kier molecular flexibility index (Phi) is 5.62. The summed E-state index contributed by atoms with van der Waals surface area (Å²) in [7, 11) is 0. The van der Waals surface area contributed by atoms with E-state index in [0.717, 1.165) is 18.5 Å². The molecule has 15 heavy (non-hydrogen) atoms. The zero-order valence-corrected chi connectivity index (χ0v) is 10.9. The summed E-state index contributed by atoms with van der Waals surface area (Å²) in [6.07, 6.45) is 3.94. The molecule has 3 unspecified atom stereocenters. The van der Waals surface area contributed by atoms with E-state index in [2.05, 4.69) is 37.9 Å². The van der Waals surface area contributed by atoms with Gasteiger partial charge in [0.25, 0.3) is 0 Å². The van der Waals surface area contributed by atoms with Crippen LogP contribution in [0.15, 0.2) is 0 Å². The molecule has 1 saturated heterocycles. The molecule has 1 heterocycles. The van der Waals surface area contributed by atoms with E-state index in [1.54, 1.807) is 0 Å². The van der Waals surface area contributed by atoms with Gasteiger partial charge in [-0.3, -0.25) is 4.90 Å². The van der Waals surface area contributed by atoms with E-state index >= 15 is 0 Å². The highest BCUT2D eigenvalue weighted by molar-refractivity contribution is 4.83. The van der Waals surface area contributed by atoms with Crippen molar-refractivity contribution in [1.82, 2.24) is 10.2 Å². The Balaban J connectivity index is 2.36. The number of hydrogen-bond donors (Lipinski definition) is 1. The van der Waals surface area contributed by atoms with Crippen molar-refractivity contribution < 1.29 is 0 Å². The molecule has 2 heteroatoms. The molecular weight excluding hydrogens is 184 g/mol. The molecule has 1 rings (SSSR count). The standard InChI is InChI=1S/C13H28N2/c1-5-7-11(3)9-15-10-13(6-2)14-8-12(15)4/h11-14H,5-10H2,1-4H3. The highest BCUT2D eigenvalue weighted by Gasteiger charge is 2.24. The van der Waals surface area contributed by atoms with Crippen molar-refractivity contribution in [3.8, 4) is 0 Å². The van der Waals surface area contributed by atoms with Gasteiger partial charge < -0.3 is 5.32 Å². The Bertz CT molecular complexity index is 170. The summed E-state index contributed by atoms with van der Waals surface area (Å²) in [5.74, 6) is 0.855. The third-order valence-corrected chi connectivity index (χ3v) is 3.60. The summed E-state index contributed by atoms with van der Waals surface area (Å²) in [4.78, 5) is 2.67. The Morgan fingerprint density at radius 2 is 2.13 bits per heavy atom. The van der Waals surface area contributed by atoms with Crippen LogP contribution in [0.1, 0.15) is 47.0 Å². The van der Waals surface area contributed by atoms with Crippen LogP contribution in [0.4, 0.5) is 0 Å². The van der Waals surface area contributed by atoms with Gasteiger partial charge in [-0.1, -0.05) is 27.2 Å². The lowest BCUT2D eigenvalue weighted by Crippen LogP contribution is -2.55. The molecule has 1 aliphatic heterocycles. The van der Waals surface area contributed by atoms with Crippen molar-refractivity contribution in [2.45, 2.75) is 59.0 Å². The fourth-order valence-corrected chi connectivity index (χ4v) is 2.51. The molecule has 1 aliphatic rings. The quantitative estimate of drug-likeness (QED) is 0.753. The van der Waals surface area contributed by atoms with E-state index in [-0.39, 0.29) is 0 Å². The molecule has 0 saturated carbocycles. The first kappa shape index (κ1) is 13.0. The summed E-state index contributed by atoms with van der Waals surface area (Å²) in [5, 5.41) is 3.61. The first-order valence-electron chi connectivity index (χ1n) is 6.64. The predicted octanol–water partition coefficient (Wildman–Crippen LogP) is 2.49. The second-order valence-electron chi connectivity index (χ2n) is 5.21. The van der Waals surface area contributed by atoms with Crippen LogP contribution in [0.5, 0.6) is 0 Å². The van der Waals surface area contributed by atoms with Crippen LogP contribution in [-0.2, 0) is 0 Å². The molecule has 0 bridgehead atoms. The fraction of sp³-hybridized carbons (Fsp3) is 1.00. The number of nitrogens with zero attached hydrogens (tertiary/aromatic N) is 1. The van der Waals surface area contributed by atoms with Crippen molar-refractivity contribution in [2.75, 3.05) is 19.6 Å². The van der Waals surface area contributed by atoms with E-state index in [0.29, 0.717) is 6.04 Å². The zero-order valence-electron chi connectivity index (χ0n) is 10.9. The van der Waals surface area contributed by atoms with Gasteiger partial charge in [-0.05, 0) is 25.7 Å². The van der Waals surface area contributed by atoms with E-state index in [9.17, 15) is 0 Å². The number of nitrogens with one attached hydrogen (secondary N) is 1. The van der Waals surface area contributed by atoms with E-state index in [4.69, 9.17) is 0 Å². The summed E-state index contributed by atoms with van der Waals surface area (Å²) >= 11 is 0. The van der Waals surface area contributed by atoms with Crippen LogP contribution in [-0.4, -0.2) is 36.6 Å². The van der Waals surface area contributed by atoms with Crippen LogP contribution >= 0.6 is 0 Å². The van der Waals surface area contributed by atoms with Crippen LogP contribution < -0.4 is 5.32 Å². The Morgan fingerprint density at radius 1 is 1.40 bits per heavy atom. The lowest BCUT2D eigenvalue weighted by Gasteiger charge is -2.39. The smallest absolute Gasteiger partial charge is 0.0193 e. The second kappa shape index (κ2) is 6.49. The zero-order chi connectivity index (χ0) is 11.3. The third-order valence-electron chi connectivity index (χ3n) is 3.60. The Hall–Kier alpha value is -0.0800. The predicted molar refractivity (Wildman–Crippen MR) is 67.2 cm³/mol. The molecule has 0 aromatic heterocycles. The lowest BCUT2D eigenvalue weighted by atomic mass is 10.0. The molecule has 0 aromatic carbocycles. The minimum Gasteiger partial charge on any atom is -0.311 e. The molecular formula is C13H28N2. The second-order valence-corrected chi connectivity index (χ2v) is 5.21. The molecule has 0 amide bonds. The van der Waals surface area contributed by atoms with Crippen molar-refractivity contribution in [3.05, 3.63) is 0 Å². The SMILES string of the molecule is CCCC(C)CN1CC(CC)NCC1C. The first-order valence-corrected chi connectivity index (χ1v) is 6.64. The Morgan fingerprint density at radius 3 is 2.73 bits per heavy atom. The van der Waals surface area contributed by atoms with Gasteiger partial charge in [-0.25, -0.2) is 0 Å². The van der Waals surface area contributed by atoms with Crippen molar-refractivity contribution in [2.24, 2.45) is 5.92 Å². The summed E-state index contributed by atoms with van der Waals surface area (Å²) < 4.78 is 0. The largest absolute Gasteiger partial charge is 0.311 e. The van der Waals surface area contributed by atoms with Gasteiger partial charge in [0, 0.05) is 31.7 Å². The van der Waals surface area contributed by atoms with Crippen LogP contribution in [0.2, 0.25) is 0 Å². The van der Waals surface area contributed by atoms with Crippen LogP contribution in [0.25, 0.3) is 0 Å². The molecule has 0 spiro atoms. The average Bonchev–Trinajstić information content (AvgIpc) is 2.21. The van der Waals surface area contributed by atoms with Gasteiger partial charge in [0.1, 0.15) is 0 Å². The maximum atomic E-state index is 3.61. The van der Waals surface area contributed by atoms with Crippen molar-refractivity contribution >= 4 is 0 Å². The number of hydrogen-bond acceptors (Lipinski definition) is 2. The van der Waals surface area contributed by atoms with Gasteiger partial charge in [0.05, 0.1) is 0 Å². The van der Waals surface area contributed by atoms with E-state index < -0.39 is 0 Å². The van der Waals surface area contributed by atoms with Gasteiger partial charge in [0.15, 0.2) is 0 Å². The maximum absolute atomic E-state index is 3.61. The van der Waals surface area contributed by atoms with Crippen molar-refractivity contribution in [1.29, 1.82) is 0 Å². The summed E-state index contributed by atoms with van der Waals surface area (Å²) in [6.45, 7) is 13.0. The summed E-state index contributed by atoms with van der Waals surface area (Å²) in [6, 6.07) is 1.43. The molecule has 0 aromatic rings. The Labute approximate surface area is 95.4 Å². The lowest BCUT2D eigenvalue weighted by molar-refractivity contribution is 0.119. The molecule has 3 atom stereocenters. The molecule has 1 fully saturated rings. The van der Waals surface area contributed by atoms with Gasteiger partial charge in [0.2, 0.25) is 0 Å². The fourth-order valence-electron chi connectivity index (χ4n) is 2.51. The van der Waals surface area contributed by atoms with Gasteiger partial charge in [-0.2, -0.15) is 0 Å². The maximum Gasteiger partial charge on any atom is 0.0193 e. The number of piperazine rings is 1. The molecule has 90 valence electrons. The monoisotopic (exact) mass is 212 g/mol. The van der Waals surface area contributed by atoms with Gasteiger partial charge >= 0.3 is 0 Å². The third kappa shape index (κ3) is 4.12. The normalized spacial score (nSPS) is 30.4. The average molecular weight is 212 g/mol. The topological polar surface area (TPSA) is 15.3 Å². The van der Waals surface area contributed by atoms with Gasteiger partial charge in [-0.15, -0.1) is 0 Å². The first-order chi connectivity index (χ1) is 7.17. The number of rotatable bonds is 5. The minimum atomic E-state index is 0.715. The minimum absolute atomic E-state index is 0.715. The molecule has 1 N–H and O–H groups in total. The molecule has 0 aliphatic carbocycles. The highest BCUT2D eigenvalue weighted by atomic mass is 15.2.